The van der Waals surface area contributed by atoms with Gasteiger partial charge in [0.25, 0.3) is 0 Å². The standard InChI is InChI=1S/C10H19NO2/c1-4-9-6-5-7(2)11(9)8(3)10(12)13/h7-9H,4-6H2,1-3H3,(H,12,13). The van der Waals surface area contributed by atoms with E-state index in [1.807, 2.05) is 0 Å². The van der Waals surface area contributed by atoms with E-state index < -0.39 is 5.97 Å². The SMILES string of the molecule is CCC1CCC(C)N1C(C)C(=O)O. The molecule has 3 unspecified atom stereocenters. The number of nitrogens with zero attached hydrogens (tertiary/aromatic N) is 1. The van der Waals surface area contributed by atoms with E-state index in [1.165, 1.54) is 0 Å². The first kappa shape index (κ1) is 10.5. The van der Waals surface area contributed by atoms with Crippen molar-refractivity contribution in [3.05, 3.63) is 0 Å². The second kappa shape index (κ2) is 4.09. The topological polar surface area (TPSA) is 40.5 Å². The van der Waals surface area contributed by atoms with Gasteiger partial charge in [0.05, 0.1) is 0 Å². The number of carbonyl (C=O) groups is 1. The summed E-state index contributed by atoms with van der Waals surface area (Å²) in [4.78, 5) is 13.0. The molecule has 76 valence electrons. The number of aliphatic carboxylic acids is 1. The van der Waals surface area contributed by atoms with Crippen molar-refractivity contribution >= 4 is 5.97 Å². The zero-order valence-electron chi connectivity index (χ0n) is 8.66. The number of hydrogen-bond donors (Lipinski definition) is 1. The molecule has 0 radical (unpaired) electrons. The lowest BCUT2D eigenvalue weighted by atomic mass is 10.1. The molecule has 1 fully saturated rings. The summed E-state index contributed by atoms with van der Waals surface area (Å²) in [5, 5.41) is 8.93. The molecule has 0 aromatic heterocycles. The predicted molar refractivity (Wildman–Crippen MR) is 51.7 cm³/mol. The van der Waals surface area contributed by atoms with E-state index in [9.17, 15) is 4.79 Å². The minimum Gasteiger partial charge on any atom is -0.480 e. The van der Waals surface area contributed by atoms with Crippen LogP contribution in [0.1, 0.15) is 40.0 Å². The highest BCUT2D eigenvalue weighted by atomic mass is 16.4. The van der Waals surface area contributed by atoms with Gasteiger partial charge >= 0.3 is 5.97 Å². The lowest BCUT2D eigenvalue weighted by Crippen LogP contribution is -2.45. The first-order valence-electron chi connectivity index (χ1n) is 5.08. The van der Waals surface area contributed by atoms with Crippen LogP contribution in [0.25, 0.3) is 0 Å². The molecular weight excluding hydrogens is 166 g/mol. The summed E-state index contributed by atoms with van der Waals surface area (Å²) in [6.45, 7) is 6.03. The van der Waals surface area contributed by atoms with Crippen LogP contribution in [0.3, 0.4) is 0 Å². The normalized spacial score (nSPS) is 31.9. The molecule has 13 heavy (non-hydrogen) atoms. The number of likely N-dealkylation sites (tertiary alicyclic amines) is 1. The lowest BCUT2D eigenvalue weighted by molar-refractivity contribution is -0.143. The fraction of sp³-hybridized carbons (Fsp3) is 0.900. The average Bonchev–Trinajstić information content (AvgIpc) is 2.45. The maximum absolute atomic E-state index is 10.9. The van der Waals surface area contributed by atoms with Crippen LogP contribution in [0.2, 0.25) is 0 Å². The van der Waals surface area contributed by atoms with Crippen molar-refractivity contribution in [1.82, 2.24) is 4.90 Å². The quantitative estimate of drug-likeness (QED) is 0.727. The van der Waals surface area contributed by atoms with Gasteiger partial charge in [0, 0.05) is 12.1 Å². The molecule has 0 aliphatic carbocycles. The van der Waals surface area contributed by atoms with Crippen molar-refractivity contribution in [2.24, 2.45) is 0 Å². The monoisotopic (exact) mass is 185 g/mol. The number of rotatable bonds is 3. The second-order valence-corrected chi connectivity index (χ2v) is 3.95. The predicted octanol–water partition coefficient (Wildman–Crippen LogP) is 1.72. The van der Waals surface area contributed by atoms with Gasteiger partial charge in [-0.05, 0) is 33.1 Å². The van der Waals surface area contributed by atoms with Gasteiger partial charge in [-0.15, -0.1) is 0 Å². The Morgan fingerprint density at radius 3 is 2.69 bits per heavy atom. The van der Waals surface area contributed by atoms with Crippen LogP contribution in [0.15, 0.2) is 0 Å². The number of hydrogen-bond acceptors (Lipinski definition) is 2. The summed E-state index contributed by atoms with van der Waals surface area (Å²) < 4.78 is 0. The molecule has 0 saturated carbocycles. The third-order valence-electron chi connectivity index (χ3n) is 3.12. The van der Waals surface area contributed by atoms with E-state index in [-0.39, 0.29) is 6.04 Å². The molecule has 1 rings (SSSR count). The maximum atomic E-state index is 10.9. The molecule has 1 saturated heterocycles. The highest BCUT2D eigenvalue weighted by Crippen LogP contribution is 2.28. The molecule has 1 aliphatic heterocycles. The van der Waals surface area contributed by atoms with Gasteiger partial charge in [0.1, 0.15) is 6.04 Å². The molecule has 3 nitrogen and oxygen atoms in total. The average molecular weight is 185 g/mol. The third kappa shape index (κ3) is 2.02. The van der Waals surface area contributed by atoms with E-state index in [0.29, 0.717) is 12.1 Å². The fourth-order valence-corrected chi connectivity index (χ4v) is 2.33. The molecule has 0 amide bonds. The summed E-state index contributed by atoms with van der Waals surface area (Å²) in [6, 6.07) is 0.569. The Balaban J connectivity index is 2.68. The van der Waals surface area contributed by atoms with Crippen LogP contribution in [-0.2, 0) is 4.79 Å². The van der Waals surface area contributed by atoms with Crippen molar-refractivity contribution in [3.63, 3.8) is 0 Å². The second-order valence-electron chi connectivity index (χ2n) is 3.95. The van der Waals surface area contributed by atoms with Crippen molar-refractivity contribution < 1.29 is 9.90 Å². The summed E-state index contributed by atoms with van der Waals surface area (Å²) >= 11 is 0. The Bertz CT molecular complexity index is 193. The van der Waals surface area contributed by atoms with Crippen LogP contribution in [0.4, 0.5) is 0 Å². The van der Waals surface area contributed by atoms with E-state index in [0.717, 1.165) is 19.3 Å². The Morgan fingerprint density at radius 1 is 1.62 bits per heavy atom. The molecule has 0 aromatic carbocycles. The molecule has 1 heterocycles. The summed E-state index contributed by atoms with van der Waals surface area (Å²) in [5.74, 6) is -0.702. The van der Waals surface area contributed by atoms with E-state index in [4.69, 9.17) is 5.11 Å². The molecule has 0 aromatic rings. The van der Waals surface area contributed by atoms with Gasteiger partial charge in [0.15, 0.2) is 0 Å². The Morgan fingerprint density at radius 2 is 2.23 bits per heavy atom. The van der Waals surface area contributed by atoms with Crippen LogP contribution >= 0.6 is 0 Å². The fourth-order valence-electron chi connectivity index (χ4n) is 2.33. The maximum Gasteiger partial charge on any atom is 0.320 e. The van der Waals surface area contributed by atoms with Crippen molar-refractivity contribution in [2.45, 2.75) is 58.2 Å². The Kier molecular flexibility index (Phi) is 3.31. The van der Waals surface area contributed by atoms with Gasteiger partial charge in [-0.1, -0.05) is 6.92 Å². The van der Waals surface area contributed by atoms with E-state index in [1.54, 1.807) is 6.92 Å². The third-order valence-corrected chi connectivity index (χ3v) is 3.12. The van der Waals surface area contributed by atoms with Crippen molar-refractivity contribution in [3.8, 4) is 0 Å². The Labute approximate surface area is 79.7 Å². The van der Waals surface area contributed by atoms with Crippen molar-refractivity contribution in [2.75, 3.05) is 0 Å². The molecular formula is C10H19NO2. The lowest BCUT2D eigenvalue weighted by Gasteiger charge is -2.31. The van der Waals surface area contributed by atoms with Gasteiger partial charge in [-0.3, -0.25) is 9.69 Å². The molecule has 1 aliphatic rings. The van der Waals surface area contributed by atoms with Crippen LogP contribution in [0, 0.1) is 0 Å². The molecule has 0 bridgehead atoms. The van der Waals surface area contributed by atoms with Crippen LogP contribution < -0.4 is 0 Å². The highest BCUT2D eigenvalue weighted by Gasteiger charge is 2.35. The molecule has 3 atom stereocenters. The van der Waals surface area contributed by atoms with Gasteiger partial charge in [-0.2, -0.15) is 0 Å². The van der Waals surface area contributed by atoms with Crippen LogP contribution in [0.5, 0.6) is 0 Å². The molecule has 1 N–H and O–H groups in total. The summed E-state index contributed by atoms with van der Waals surface area (Å²) in [7, 11) is 0. The minimum atomic E-state index is -0.702. The van der Waals surface area contributed by atoms with E-state index >= 15 is 0 Å². The van der Waals surface area contributed by atoms with E-state index in [2.05, 4.69) is 18.7 Å². The molecule has 0 spiro atoms. The molecule has 3 heteroatoms. The van der Waals surface area contributed by atoms with Gasteiger partial charge in [-0.25, -0.2) is 0 Å². The van der Waals surface area contributed by atoms with Gasteiger partial charge in [0.2, 0.25) is 0 Å². The zero-order chi connectivity index (χ0) is 10.0. The van der Waals surface area contributed by atoms with Crippen molar-refractivity contribution in [1.29, 1.82) is 0 Å². The van der Waals surface area contributed by atoms with Gasteiger partial charge < -0.3 is 5.11 Å². The summed E-state index contributed by atoms with van der Waals surface area (Å²) in [5.41, 5.74) is 0. The zero-order valence-corrected chi connectivity index (χ0v) is 8.66. The largest absolute Gasteiger partial charge is 0.480 e. The first-order chi connectivity index (χ1) is 6.07. The minimum absolute atomic E-state index is 0.331. The smallest absolute Gasteiger partial charge is 0.320 e. The summed E-state index contributed by atoms with van der Waals surface area (Å²) in [6.07, 6.45) is 3.34. The highest BCUT2D eigenvalue weighted by molar-refractivity contribution is 5.73. The first-order valence-corrected chi connectivity index (χ1v) is 5.08. The Hall–Kier alpha value is -0.570. The van der Waals surface area contributed by atoms with Crippen LogP contribution in [-0.4, -0.2) is 34.1 Å². The number of carboxylic acid groups (broad SMARTS) is 1. The number of carboxylic acids is 1.